The van der Waals surface area contributed by atoms with E-state index in [1.165, 1.54) is 33.4 Å². The molecule has 1 atom stereocenters. The van der Waals surface area contributed by atoms with Crippen LogP contribution in [-0.2, 0) is 0 Å². The van der Waals surface area contributed by atoms with Crippen LogP contribution in [0.4, 0.5) is 0 Å². The molecular formula is C19H24BrN. The van der Waals surface area contributed by atoms with Crippen molar-refractivity contribution in [2.24, 2.45) is 0 Å². The second-order valence-corrected chi connectivity index (χ2v) is 6.70. The second kappa shape index (κ2) is 6.76. The van der Waals surface area contributed by atoms with Crippen LogP contribution in [-0.4, -0.2) is 6.54 Å². The minimum absolute atomic E-state index is 0.252. The van der Waals surface area contributed by atoms with Crippen LogP contribution in [0.25, 0.3) is 0 Å². The largest absolute Gasteiger partial charge is 0.307 e. The van der Waals surface area contributed by atoms with Crippen LogP contribution >= 0.6 is 15.9 Å². The lowest BCUT2D eigenvalue weighted by molar-refractivity contribution is 0.624. The maximum atomic E-state index is 3.65. The monoisotopic (exact) mass is 345 g/mol. The van der Waals surface area contributed by atoms with E-state index < -0.39 is 0 Å². The number of nitrogens with one attached hydrogen (secondary N) is 1. The van der Waals surface area contributed by atoms with Gasteiger partial charge < -0.3 is 5.32 Å². The third-order valence-electron chi connectivity index (χ3n) is 4.14. The predicted octanol–water partition coefficient (Wildman–Crippen LogP) is 5.38. The summed E-state index contributed by atoms with van der Waals surface area (Å²) in [6.45, 7) is 11.9. The summed E-state index contributed by atoms with van der Waals surface area (Å²) in [6.07, 6.45) is 0. The number of hydrogen-bond acceptors (Lipinski definition) is 1. The van der Waals surface area contributed by atoms with Crippen molar-refractivity contribution >= 4 is 15.9 Å². The summed E-state index contributed by atoms with van der Waals surface area (Å²) in [7, 11) is 0. The van der Waals surface area contributed by atoms with Crippen molar-refractivity contribution < 1.29 is 0 Å². The van der Waals surface area contributed by atoms with Gasteiger partial charge in [0, 0.05) is 4.47 Å². The summed E-state index contributed by atoms with van der Waals surface area (Å²) in [4.78, 5) is 0. The van der Waals surface area contributed by atoms with Crippen LogP contribution in [0.3, 0.4) is 0 Å². The van der Waals surface area contributed by atoms with Crippen molar-refractivity contribution in [1.29, 1.82) is 0 Å². The highest BCUT2D eigenvalue weighted by molar-refractivity contribution is 9.10. The fourth-order valence-corrected chi connectivity index (χ4v) is 3.32. The first-order chi connectivity index (χ1) is 9.93. The first-order valence-electron chi connectivity index (χ1n) is 7.51. The third kappa shape index (κ3) is 3.56. The van der Waals surface area contributed by atoms with Crippen LogP contribution in [0.2, 0.25) is 0 Å². The van der Waals surface area contributed by atoms with Gasteiger partial charge in [-0.1, -0.05) is 41.1 Å². The van der Waals surface area contributed by atoms with E-state index >= 15 is 0 Å². The molecule has 0 amide bonds. The number of rotatable bonds is 4. The summed E-state index contributed by atoms with van der Waals surface area (Å²) in [5.41, 5.74) is 8.11. The zero-order valence-electron chi connectivity index (χ0n) is 13.5. The molecule has 0 aromatic heterocycles. The average molecular weight is 346 g/mol. The molecule has 0 saturated carbocycles. The van der Waals surface area contributed by atoms with E-state index in [1.807, 2.05) is 0 Å². The van der Waals surface area contributed by atoms with E-state index in [4.69, 9.17) is 0 Å². The Morgan fingerprint density at radius 1 is 0.857 bits per heavy atom. The predicted molar refractivity (Wildman–Crippen MR) is 95.1 cm³/mol. The molecule has 0 aliphatic carbocycles. The third-order valence-corrected chi connectivity index (χ3v) is 4.64. The van der Waals surface area contributed by atoms with Crippen molar-refractivity contribution in [3.05, 3.63) is 68.2 Å². The van der Waals surface area contributed by atoms with Gasteiger partial charge in [0.15, 0.2) is 0 Å². The molecule has 2 rings (SSSR count). The van der Waals surface area contributed by atoms with E-state index in [-0.39, 0.29) is 6.04 Å². The molecule has 0 fully saturated rings. The van der Waals surface area contributed by atoms with Crippen molar-refractivity contribution in [2.75, 3.05) is 6.54 Å². The van der Waals surface area contributed by atoms with E-state index in [1.54, 1.807) is 0 Å². The molecule has 0 spiro atoms. The van der Waals surface area contributed by atoms with Gasteiger partial charge in [0.2, 0.25) is 0 Å². The molecule has 2 aromatic rings. The molecule has 0 heterocycles. The van der Waals surface area contributed by atoms with E-state index in [0.717, 1.165) is 11.0 Å². The Morgan fingerprint density at radius 2 is 1.48 bits per heavy atom. The average Bonchev–Trinajstić information content (AvgIpc) is 2.41. The molecule has 1 nitrogen and oxygen atoms in total. The Balaban J connectivity index is 2.55. The minimum atomic E-state index is 0.252. The quantitative estimate of drug-likeness (QED) is 0.783. The Bertz CT molecular complexity index is 646. The molecule has 2 heteroatoms. The maximum Gasteiger partial charge on any atom is 0.0581 e. The smallest absolute Gasteiger partial charge is 0.0581 e. The number of hydrogen-bond donors (Lipinski definition) is 1. The Kier molecular flexibility index (Phi) is 5.23. The number of aryl methyl sites for hydroxylation is 4. The molecule has 112 valence electrons. The standard InChI is InChI=1S/C19H24BrN/c1-6-21-19(17-8-7-16(20)10-15(17)5)18-11-13(3)12(2)9-14(18)4/h7-11,19,21H,6H2,1-5H3. The molecule has 21 heavy (non-hydrogen) atoms. The van der Waals surface area contributed by atoms with Gasteiger partial charge in [-0.3, -0.25) is 0 Å². The van der Waals surface area contributed by atoms with Crippen molar-refractivity contribution in [2.45, 2.75) is 40.7 Å². The summed E-state index contributed by atoms with van der Waals surface area (Å²) in [6, 6.07) is 11.4. The summed E-state index contributed by atoms with van der Waals surface area (Å²) in [5, 5.41) is 3.65. The highest BCUT2D eigenvalue weighted by Gasteiger charge is 2.18. The van der Waals surface area contributed by atoms with Gasteiger partial charge in [-0.25, -0.2) is 0 Å². The van der Waals surface area contributed by atoms with Gasteiger partial charge in [-0.2, -0.15) is 0 Å². The molecule has 0 radical (unpaired) electrons. The highest BCUT2D eigenvalue weighted by Crippen LogP contribution is 2.30. The number of benzene rings is 2. The highest BCUT2D eigenvalue weighted by atomic mass is 79.9. The van der Waals surface area contributed by atoms with Gasteiger partial charge in [0.1, 0.15) is 0 Å². The second-order valence-electron chi connectivity index (χ2n) is 5.78. The van der Waals surface area contributed by atoms with Crippen LogP contribution < -0.4 is 5.32 Å². The summed E-state index contributed by atoms with van der Waals surface area (Å²) in [5.74, 6) is 0. The Labute approximate surface area is 136 Å². The molecule has 0 saturated heterocycles. The van der Waals surface area contributed by atoms with Crippen LogP contribution in [0.15, 0.2) is 34.8 Å². The molecule has 0 aliphatic heterocycles. The molecule has 0 aliphatic rings. The maximum absolute atomic E-state index is 3.65. The van der Waals surface area contributed by atoms with Crippen molar-refractivity contribution in [3.8, 4) is 0 Å². The van der Waals surface area contributed by atoms with Crippen molar-refractivity contribution in [3.63, 3.8) is 0 Å². The lowest BCUT2D eigenvalue weighted by atomic mass is 9.89. The number of halogens is 1. The first-order valence-corrected chi connectivity index (χ1v) is 8.30. The van der Waals surface area contributed by atoms with E-state index in [2.05, 4.69) is 86.2 Å². The fraction of sp³-hybridized carbons (Fsp3) is 0.368. The SMILES string of the molecule is CCNC(c1ccc(Br)cc1C)c1cc(C)c(C)cc1C. The van der Waals surface area contributed by atoms with Gasteiger partial charge in [-0.15, -0.1) is 0 Å². The summed E-state index contributed by atoms with van der Waals surface area (Å²) < 4.78 is 1.14. The van der Waals surface area contributed by atoms with Gasteiger partial charge in [0.05, 0.1) is 6.04 Å². The van der Waals surface area contributed by atoms with Gasteiger partial charge in [-0.05, 0) is 79.8 Å². The minimum Gasteiger partial charge on any atom is -0.307 e. The van der Waals surface area contributed by atoms with Crippen LogP contribution in [0.5, 0.6) is 0 Å². The lowest BCUT2D eigenvalue weighted by Gasteiger charge is -2.24. The van der Waals surface area contributed by atoms with Crippen LogP contribution in [0.1, 0.15) is 46.3 Å². The molecular weight excluding hydrogens is 322 g/mol. The zero-order valence-corrected chi connectivity index (χ0v) is 15.1. The normalized spacial score (nSPS) is 12.5. The van der Waals surface area contributed by atoms with Gasteiger partial charge >= 0.3 is 0 Å². The zero-order chi connectivity index (χ0) is 15.6. The van der Waals surface area contributed by atoms with Crippen LogP contribution in [0, 0.1) is 27.7 Å². The molecule has 1 unspecified atom stereocenters. The fourth-order valence-electron chi connectivity index (χ4n) is 2.85. The first kappa shape index (κ1) is 16.3. The van der Waals surface area contributed by atoms with E-state index in [9.17, 15) is 0 Å². The molecule has 2 aromatic carbocycles. The Hall–Kier alpha value is -1.12. The lowest BCUT2D eigenvalue weighted by Crippen LogP contribution is -2.23. The Morgan fingerprint density at radius 3 is 2.10 bits per heavy atom. The topological polar surface area (TPSA) is 12.0 Å². The molecule has 0 bridgehead atoms. The summed E-state index contributed by atoms with van der Waals surface area (Å²) >= 11 is 3.56. The van der Waals surface area contributed by atoms with Gasteiger partial charge in [0.25, 0.3) is 0 Å². The van der Waals surface area contributed by atoms with Crippen molar-refractivity contribution in [1.82, 2.24) is 5.32 Å². The molecule has 1 N–H and O–H groups in total. The van der Waals surface area contributed by atoms with E-state index in [0.29, 0.717) is 0 Å².